The molecule has 0 saturated carbocycles. The molecule has 0 saturated heterocycles. The lowest BCUT2D eigenvalue weighted by molar-refractivity contribution is 0.213. The average Bonchev–Trinajstić information content (AvgIpc) is 2.67. The van der Waals surface area contributed by atoms with Crippen LogP contribution >= 0.6 is 0 Å². The number of hydrogen-bond acceptors (Lipinski definition) is 4. The summed E-state index contributed by atoms with van der Waals surface area (Å²) in [7, 11) is 3.15. The fourth-order valence-corrected chi connectivity index (χ4v) is 2.62. The van der Waals surface area contributed by atoms with E-state index in [0.29, 0.717) is 17.2 Å². The van der Waals surface area contributed by atoms with E-state index in [9.17, 15) is 5.11 Å². The molecule has 0 fully saturated rings. The summed E-state index contributed by atoms with van der Waals surface area (Å²) in [5.74, 6) is 1.10. The zero-order valence-corrected chi connectivity index (χ0v) is 13.6. The van der Waals surface area contributed by atoms with Crippen LogP contribution < -0.4 is 9.47 Å². The van der Waals surface area contributed by atoms with Crippen LogP contribution in [-0.2, 0) is 0 Å². The van der Waals surface area contributed by atoms with Crippen molar-refractivity contribution in [1.82, 2.24) is 4.98 Å². The van der Waals surface area contributed by atoms with Crippen LogP contribution in [0.3, 0.4) is 0 Å². The maximum absolute atomic E-state index is 10.8. The van der Waals surface area contributed by atoms with Gasteiger partial charge in [-0.1, -0.05) is 42.5 Å². The summed E-state index contributed by atoms with van der Waals surface area (Å²) in [6.45, 7) is 0. The number of rotatable bonds is 5. The van der Waals surface area contributed by atoms with Crippen molar-refractivity contribution < 1.29 is 14.6 Å². The minimum absolute atomic E-state index is 0.407. The molecule has 1 N–H and O–H groups in total. The topological polar surface area (TPSA) is 51.6 Å². The van der Waals surface area contributed by atoms with E-state index in [4.69, 9.17) is 9.47 Å². The molecule has 1 aromatic heterocycles. The van der Waals surface area contributed by atoms with Crippen LogP contribution in [0.15, 0.2) is 66.9 Å². The number of benzene rings is 2. The van der Waals surface area contributed by atoms with Gasteiger partial charge in [0.1, 0.15) is 11.9 Å². The predicted molar refractivity (Wildman–Crippen MR) is 93.3 cm³/mol. The zero-order chi connectivity index (χ0) is 16.9. The highest BCUT2D eigenvalue weighted by atomic mass is 16.5. The van der Waals surface area contributed by atoms with E-state index in [1.54, 1.807) is 26.5 Å². The lowest BCUT2D eigenvalue weighted by atomic mass is 9.99. The highest BCUT2D eigenvalue weighted by Crippen LogP contribution is 2.33. The summed E-state index contributed by atoms with van der Waals surface area (Å²) >= 11 is 0. The Morgan fingerprint density at radius 1 is 0.875 bits per heavy atom. The lowest BCUT2D eigenvalue weighted by Gasteiger charge is -2.16. The molecule has 3 rings (SSSR count). The molecule has 0 radical (unpaired) electrons. The van der Waals surface area contributed by atoms with Crippen LogP contribution in [-0.4, -0.2) is 24.3 Å². The van der Waals surface area contributed by atoms with Gasteiger partial charge in [0, 0.05) is 17.3 Å². The van der Waals surface area contributed by atoms with Crippen LogP contribution in [0.2, 0.25) is 0 Å². The Labute approximate surface area is 141 Å². The molecule has 1 atom stereocenters. The molecular formula is C20H19NO3. The van der Waals surface area contributed by atoms with Crippen molar-refractivity contribution in [2.75, 3.05) is 14.2 Å². The molecular weight excluding hydrogens is 302 g/mol. The van der Waals surface area contributed by atoms with E-state index < -0.39 is 6.10 Å². The molecule has 0 aliphatic heterocycles. The van der Waals surface area contributed by atoms with Gasteiger partial charge in [-0.25, -0.2) is 4.98 Å². The molecule has 4 heteroatoms. The fourth-order valence-electron chi connectivity index (χ4n) is 2.62. The number of methoxy groups -OCH3 is 2. The maximum Gasteiger partial charge on any atom is 0.219 e. The predicted octanol–water partition coefficient (Wildman–Crippen LogP) is 3.85. The van der Waals surface area contributed by atoms with Crippen LogP contribution in [0.5, 0.6) is 11.6 Å². The second-order valence-corrected chi connectivity index (χ2v) is 5.37. The number of ether oxygens (including phenoxy) is 2. The summed E-state index contributed by atoms with van der Waals surface area (Å²) in [5, 5.41) is 10.8. The second kappa shape index (κ2) is 7.15. The molecule has 122 valence electrons. The minimum Gasteiger partial charge on any atom is -0.497 e. The molecule has 0 amide bonds. The van der Waals surface area contributed by atoms with Crippen molar-refractivity contribution in [1.29, 1.82) is 0 Å². The molecule has 2 aromatic carbocycles. The SMILES string of the molecule is COc1cccc(C(O)c2cc(-c3ccccc3)cnc2OC)c1. The summed E-state index contributed by atoms with van der Waals surface area (Å²) < 4.78 is 10.6. The highest BCUT2D eigenvalue weighted by molar-refractivity contribution is 5.64. The van der Waals surface area contributed by atoms with E-state index in [-0.39, 0.29) is 0 Å². The van der Waals surface area contributed by atoms with Crippen molar-refractivity contribution in [2.24, 2.45) is 0 Å². The molecule has 24 heavy (non-hydrogen) atoms. The Bertz CT molecular complexity index is 818. The average molecular weight is 321 g/mol. The molecule has 0 spiro atoms. The van der Waals surface area contributed by atoms with Gasteiger partial charge in [-0.05, 0) is 29.3 Å². The maximum atomic E-state index is 10.8. The van der Waals surface area contributed by atoms with E-state index in [2.05, 4.69) is 4.98 Å². The standard InChI is InChI=1S/C20H19NO3/c1-23-17-10-6-9-15(11-17)19(22)18-12-16(13-21-20(18)24-2)14-7-4-3-5-8-14/h3-13,19,22H,1-2H3. The first-order valence-electron chi connectivity index (χ1n) is 7.64. The highest BCUT2D eigenvalue weighted by Gasteiger charge is 2.18. The van der Waals surface area contributed by atoms with Crippen LogP contribution in [0.4, 0.5) is 0 Å². The van der Waals surface area contributed by atoms with Gasteiger partial charge < -0.3 is 14.6 Å². The van der Waals surface area contributed by atoms with Crippen molar-refractivity contribution >= 4 is 0 Å². The van der Waals surface area contributed by atoms with E-state index in [1.807, 2.05) is 54.6 Å². The monoisotopic (exact) mass is 321 g/mol. The summed E-state index contributed by atoms with van der Waals surface area (Å²) in [5.41, 5.74) is 3.30. The molecule has 0 aliphatic carbocycles. The molecule has 4 nitrogen and oxygen atoms in total. The number of aliphatic hydroxyl groups excluding tert-OH is 1. The number of nitrogens with zero attached hydrogens (tertiary/aromatic N) is 1. The summed E-state index contributed by atoms with van der Waals surface area (Å²) in [6.07, 6.45) is 0.891. The summed E-state index contributed by atoms with van der Waals surface area (Å²) in [6, 6.07) is 19.2. The third kappa shape index (κ3) is 3.24. The Morgan fingerprint density at radius 2 is 1.67 bits per heavy atom. The summed E-state index contributed by atoms with van der Waals surface area (Å²) in [4.78, 5) is 4.35. The normalized spacial score (nSPS) is 11.8. The van der Waals surface area contributed by atoms with Crippen molar-refractivity contribution in [3.8, 4) is 22.8 Å². The smallest absolute Gasteiger partial charge is 0.219 e. The van der Waals surface area contributed by atoms with Crippen molar-refractivity contribution in [2.45, 2.75) is 6.10 Å². The third-order valence-corrected chi connectivity index (χ3v) is 3.88. The molecule has 0 aliphatic rings. The molecule has 1 unspecified atom stereocenters. The third-order valence-electron chi connectivity index (χ3n) is 3.88. The van der Waals surface area contributed by atoms with Crippen LogP contribution in [0.1, 0.15) is 17.2 Å². The minimum atomic E-state index is -0.855. The zero-order valence-electron chi connectivity index (χ0n) is 13.6. The number of aliphatic hydroxyl groups is 1. The Morgan fingerprint density at radius 3 is 2.38 bits per heavy atom. The quantitative estimate of drug-likeness (QED) is 0.775. The Balaban J connectivity index is 2.04. The first kappa shape index (κ1) is 16.0. The first-order valence-corrected chi connectivity index (χ1v) is 7.64. The van der Waals surface area contributed by atoms with Crippen LogP contribution in [0, 0.1) is 0 Å². The Hall–Kier alpha value is -2.85. The van der Waals surface area contributed by atoms with Crippen molar-refractivity contribution in [3.63, 3.8) is 0 Å². The second-order valence-electron chi connectivity index (χ2n) is 5.37. The van der Waals surface area contributed by atoms with Gasteiger partial charge in [-0.3, -0.25) is 0 Å². The fraction of sp³-hybridized carbons (Fsp3) is 0.150. The molecule has 1 heterocycles. The lowest BCUT2D eigenvalue weighted by Crippen LogP contribution is -2.04. The van der Waals surface area contributed by atoms with Gasteiger partial charge in [0.15, 0.2) is 0 Å². The van der Waals surface area contributed by atoms with Gasteiger partial charge >= 0.3 is 0 Å². The van der Waals surface area contributed by atoms with Gasteiger partial charge in [0.05, 0.1) is 14.2 Å². The van der Waals surface area contributed by atoms with Crippen molar-refractivity contribution in [3.05, 3.63) is 78.0 Å². The number of aromatic nitrogens is 1. The first-order chi connectivity index (χ1) is 11.7. The Kier molecular flexibility index (Phi) is 4.77. The van der Waals surface area contributed by atoms with Gasteiger partial charge in [-0.2, -0.15) is 0 Å². The van der Waals surface area contributed by atoms with E-state index >= 15 is 0 Å². The largest absolute Gasteiger partial charge is 0.497 e. The van der Waals surface area contributed by atoms with Gasteiger partial charge in [0.2, 0.25) is 5.88 Å². The molecule has 3 aromatic rings. The number of hydrogen-bond donors (Lipinski definition) is 1. The number of pyridine rings is 1. The van der Waals surface area contributed by atoms with Gasteiger partial charge in [0.25, 0.3) is 0 Å². The van der Waals surface area contributed by atoms with Crippen LogP contribution in [0.25, 0.3) is 11.1 Å². The van der Waals surface area contributed by atoms with E-state index in [1.165, 1.54) is 0 Å². The van der Waals surface area contributed by atoms with E-state index in [0.717, 1.165) is 16.7 Å². The molecule has 0 bridgehead atoms. The van der Waals surface area contributed by atoms with Gasteiger partial charge in [-0.15, -0.1) is 0 Å².